The van der Waals surface area contributed by atoms with Crippen molar-refractivity contribution in [1.82, 2.24) is 5.32 Å². The van der Waals surface area contributed by atoms with Crippen LogP contribution in [0.15, 0.2) is 60.7 Å². The summed E-state index contributed by atoms with van der Waals surface area (Å²) in [5.74, 6) is -1.59. The van der Waals surface area contributed by atoms with Gasteiger partial charge in [-0.3, -0.25) is 4.79 Å². The van der Waals surface area contributed by atoms with E-state index in [2.05, 4.69) is 5.32 Å². The summed E-state index contributed by atoms with van der Waals surface area (Å²) < 4.78 is 0. The van der Waals surface area contributed by atoms with Crippen molar-refractivity contribution in [2.45, 2.75) is 12.5 Å². The Bertz CT molecular complexity index is 775. The number of amides is 1. The van der Waals surface area contributed by atoms with Crippen molar-refractivity contribution in [2.24, 2.45) is 0 Å². The third kappa shape index (κ3) is 4.82. The molecule has 0 saturated carbocycles. The lowest BCUT2D eigenvalue weighted by Gasteiger charge is -2.12. The maximum absolute atomic E-state index is 12.1. The van der Waals surface area contributed by atoms with Gasteiger partial charge in [0.1, 0.15) is 6.04 Å². The third-order valence-corrected chi connectivity index (χ3v) is 3.36. The zero-order chi connectivity index (χ0) is 17.4. The number of hydrogen-bond donors (Lipinski definition) is 2. The standard InChI is InChI=1S/C19H16N2O3/c20-13-15-9-11-16(12-10-15)18(22)21-17(19(23)24)8-4-7-14-5-2-1-3-6-14/h1-7,9-12,17H,8H2,(H,21,22)(H,23,24)/b7-4+/t17-/m1/s1. The Morgan fingerprint density at radius 2 is 1.79 bits per heavy atom. The van der Waals surface area contributed by atoms with Crippen LogP contribution >= 0.6 is 0 Å². The molecular formula is C19H16N2O3. The number of carbonyl (C=O) groups is 2. The quantitative estimate of drug-likeness (QED) is 0.856. The molecule has 0 saturated heterocycles. The number of aliphatic carboxylic acids is 1. The fourth-order valence-electron chi connectivity index (χ4n) is 2.06. The van der Waals surface area contributed by atoms with Crippen molar-refractivity contribution in [2.75, 3.05) is 0 Å². The summed E-state index contributed by atoms with van der Waals surface area (Å²) in [6.07, 6.45) is 3.70. The van der Waals surface area contributed by atoms with E-state index in [1.54, 1.807) is 6.08 Å². The lowest BCUT2D eigenvalue weighted by atomic mass is 10.1. The van der Waals surface area contributed by atoms with E-state index in [0.717, 1.165) is 5.56 Å². The van der Waals surface area contributed by atoms with Gasteiger partial charge in [-0.05, 0) is 36.2 Å². The first kappa shape index (κ1) is 17.0. The van der Waals surface area contributed by atoms with Gasteiger partial charge in [0.25, 0.3) is 5.91 Å². The van der Waals surface area contributed by atoms with E-state index >= 15 is 0 Å². The Hall–Kier alpha value is -3.39. The second-order valence-corrected chi connectivity index (χ2v) is 5.10. The van der Waals surface area contributed by atoms with E-state index in [0.29, 0.717) is 11.1 Å². The number of nitriles is 1. The number of nitrogens with one attached hydrogen (secondary N) is 1. The Labute approximate surface area is 139 Å². The Morgan fingerprint density at radius 1 is 1.12 bits per heavy atom. The SMILES string of the molecule is N#Cc1ccc(C(=O)N[C@H](C/C=C/c2ccccc2)C(=O)O)cc1. The van der Waals surface area contributed by atoms with Crippen LogP contribution < -0.4 is 5.32 Å². The molecule has 5 heteroatoms. The highest BCUT2D eigenvalue weighted by atomic mass is 16.4. The van der Waals surface area contributed by atoms with Crippen LogP contribution in [-0.2, 0) is 4.79 Å². The minimum atomic E-state index is -1.10. The maximum atomic E-state index is 12.1. The summed E-state index contributed by atoms with van der Waals surface area (Å²) >= 11 is 0. The molecule has 0 aliphatic carbocycles. The lowest BCUT2D eigenvalue weighted by Crippen LogP contribution is -2.40. The van der Waals surface area contributed by atoms with Crippen LogP contribution in [-0.4, -0.2) is 23.0 Å². The highest BCUT2D eigenvalue weighted by Crippen LogP contribution is 2.06. The lowest BCUT2D eigenvalue weighted by molar-refractivity contribution is -0.139. The number of nitrogens with zero attached hydrogens (tertiary/aromatic N) is 1. The number of hydrogen-bond acceptors (Lipinski definition) is 3. The molecule has 0 fully saturated rings. The molecule has 2 aromatic rings. The van der Waals surface area contributed by atoms with Gasteiger partial charge in [-0.25, -0.2) is 4.79 Å². The zero-order valence-corrected chi connectivity index (χ0v) is 12.8. The summed E-state index contributed by atoms with van der Waals surface area (Å²) in [6, 6.07) is 16.4. The molecule has 0 spiro atoms. The first-order valence-electron chi connectivity index (χ1n) is 7.35. The average molecular weight is 320 g/mol. The van der Waals surface area contributed by atoms with Crippen LogP contribution in [0.25, 0.3) is 6.08 Å². The van der Waals surface area contributed by atoms with Crippen LogP contribution in [0.5, 0.6) is 0 Å². The normalized spacial score (nSPS) is 11.6. The third-order valence-electron chi connectivity index (χ3n) is 3.36. The van der Waals surface area contributed by atoms with E-state index in [-0.39, 0.29) is 6.42 Å². The summed E-state index contributed by atoms with van der Waals surface area (Å²) in [6.45, 7) is 0. The smallest absolute Gasteiger partial charge is 0.326 e. The molecule has 0 aromatic heterocycles. The van der Waals surface area contributed by atoms with Gasteiger partial charge in [-0.1, -0.05) is 42.5 Å². The van der Waals surface area contributed by atoms with Gasteiger partial charge >= 0.3 is 5.97 Å². The summed E-state index contributed by atoms with van der Waals surface area (Å²) in [5.41, 5.74) is 1.71. The molecule has 2 aromatic carbocycles. The largest absolute Gasteiger partial charge is 0.480 e. The van der Waals surface area contributed by atoms with Gasteiger partial charge in [-0.2, -0.15) is 5.26 Å². The van der Waals surface area contributed by atoms with Gasteiger partial charge < -0.3 is 10.4 Å². The molecule has 0 aliphatic heterocycles. The number of carboxylic acid groups (broad SMARTS) is 1. The molecule has 1 atom stereocenters. The minimum Gasteiger partial charge on any atom is -0.480 e. The van der Waals surface area contributed by atoms with E-state index < -0.39 is 17.9 Å². The molecule has 0 radical (unpaired) electrons. The van der Waals surface area contributed by atoms with Crippen molar-refractivity contribution in [3.8, 4) is 6.07 Å². The Balaban J connectivity index is 2.00. The molecule has 24 heavy (non-hydrogen) atoms. The predicted molar refractivity (Wildman–Crippen MR) is 90.1 cm³/mol. The maximum Gasteiger partial charge on any atom is 0.326 e. The van der Waals surface area contributed by atoms with Crippen LogP contribution in [0.1, 0.15) is 27.9 Å². The highest BCUT2D eigenvalue weighted by Gasteiger charge is 2.19. The first-order chi connectivity index (χ1) is 11.6. The molecule has 2 N–H and O–H groups in total. The molecule has 0 aliphatic rings. The first-order valence-corrected chi connectivity index (χ1v) is 7.35. The number of benzene rings is 2. The van der Waals surface area contributed by atoms with Crippen molar-refractivity contribution in [3.05, 3.63) is 77.4 Å². The fraction of sp³-hybridized carbons (Fsp3) is 0.105. The monoisotopic (exact) mass is 320 g/mol. The van der Waals surface area contributed by atoms with Crippen molar-refractivity contribution in [1.29, 1.82) is 5.26 Å². The summed E-state index contributed by atoms with van der Waals surface area (Å²) in [7, 11) is 0. The van der Waals surface area contributed by atoms with E-state index in [9.17, 15) is 14.7 Å². The summed E-state index contributed by atoms with van der Waals surface area (Å²) in [5, 5.41) is 20.5. The summed E-state index contributed by atoms with van der Waals surface area (Å²) in [4.78, 5) is 23.4. The number of carboxylic acids is 1. The molecule has 5 nitrogen and oxygen atoms in total. The van der Waals surface area contributed by atoms with Crippen LogP contribution in [0.2, 0.25) is 0 Å². The van der Waals surface area contributed by atoms with Gasteiger partial charge in [0.2, 0.25) is 0 Å². The Kier molecular flexibility index (Phi) is 5.87. The molecule has 1 amide bonds. The minimum absolute atomic E-state index is 0.173. The highest BCUT2D eigenvalue weighted by molar-refractivity contribution is 5.96. The van der Waals surface area contributed by atoms with Crippen molar-refractivity contribution in [3.63, 3.8) is 0 Å². The van der Waals surface area contributed by atoms with Crippen LogP contribution in [0.4, 0.5) is 0 Å². The topological polar surface area (TPSA) is 90.2 Å². The number of carbonyl (C=O) groups excluding carboxylic acids is 1. The number of rotatable bonds is 6. The van der Waals surface area contributed by atoms with Crippen LogP contribution in [0, 0.1) is 11.3 Å². The van der Waals surface area contributed by atoms with Gasteiger partial charge in [0.05, 0.1) is 11.6 Å². The van der Waals surface area contributed by atoms with E-state index in [4.69, 9.17) is 5.26 Å². The fourth-order valence-corrected chi connectivity index (χ4v) is 2.06. The molecular weight excluding hydrogens is 304 g/mol. The molecule has 120 valence electrons. The van der Waals surface area contributed by atoms with E-state index in [1.807, 2.05) is 42.5 Å². The molecule has 0 unspecified atom stereocenters. The average Bonchev–Trinajstić information content (AvgIpc) is 2.61. The molecule has 0 bridgehead atoms. The molecule has 2 rings (SSSR count). The van der Waals surface area contributed by atoms with E-state index in [1.165, 1.54) is 24.3 Å². The zero-order valence-electron chi connectivity index (χ0n) is 12.8. The second kappa shape index (κ2) is 8.30. The van der Waals surface area contributed by atoms with Gasteiger partial charge in [-0.15, -0.1) is 0 Å². The van der Waals surface area contributed by atoms with Crippen molar-refractivity contribution < 1.29 is 14.7 Å². The second-order valence-electron chi connectivity index (χ2n) is 5.10. The van der Waals surface area contributed by atoms with Gasteiger partial charge in [0.15, 0.2) is 0 Å². The van der Waals surface area contributed by atoms with Gasteiger partial charge in [0, 0.05) is 5.56 Å². The Morgan fingerprint density at radius 3 is 2.38 bits per heavy atom. The molecule has 0 heterocycles. The predicted octanol–water partition coefficient (Wildman–Crippen LogP) is 2.84. The van der Waals surface area contributed by atoms with Crippen molar-refractivity contribution >= 4 is 18.0 Å². The van der Waals surface area contributed by atoms with Crippen LogP contribution in [0.3, 0.4) is 0 Å².